The van der Waals surface area contributed by atoms with Crippen LogP contribution in [0.15, 0.2) is 48.5 Å². The number of likely N-dealkylation sites (tertiary alicyclic amines) is 1. The minimum absolute atomic E-state index is 0.103. The average molecular weight is 460 g/mol. The topological polar surface area (TPSA) is 112 Å². The van der Waals surface area contributed by atoms with Crippen LogP contribution in [0.3, 0.4) is 0 Å². The fourth-order valence-electron chi connectivity index (χ4n) is 4.61. The van der Waals surface area contributed by atoms with E-state index < -0.39 is 5.97 Å². The van der Waals surface area contributed by atoms with Crippen molar-refractivity contribution in [2.45, 2.75) is 19.3 Å². The summed E-state index contributed by atoms with van der Waals surface area (Å²) in [6.45, 7) is 2.15. The van der Waals surface area contributed by atoms with Gasteiger partial charge in [0.25, 0.3) is 5.91 Å². The van der Waals surface area contributed by atoms with Crippen LogP contribution in [0.1, 0.15) is 44.9 Å². The number of fused-ring (bicyclic) bond motifs is 1. The van der Waals surface area contributed by atoms with Crippen LogP contribution in [0.2, 0.25) is 0 Å². The first-order valence-corrected chi connectivity index (χ1v) is 11.2. The molecule has 2 aromatic carbocycles. The Morgan fingerprint density at radius 3 is 2.26 bits per heavy atom. The summed E-state index contributed by atoms with van der Waals surface area (Å²) in [4.78, 5) is 29.1. The highest BCUT2D eigenvalue weighted by Gasteiger charge is 2.35. The van der Waals surface area contributed by atoms with Gasteiger partial charge in [-0.15, -0.1) is 0 Å². The molecule has 5 rings (SSSR count). The number of benzene rings is 2. The quantitative estimate of drug-likeness (QED) is 0.448. The van der Waals surface area contributed by atoms with Gasteiger partial charge in [0.15, 0.2) is 5.69 Å². The first kappa shape index (κ1) is 21.7. The highest BCUT2D eigenvalue weighted by Crippen LogP contribution is 2.30. The Morgan fingerprint density at radius 2 is 1.65 bits per heavy atom. The minimum atomic E-state index is -1.16. The lowest BCUT2D eigenvalue weighted by molar-refractivity contribution is 0.0688. The summed E-state index contributed by atoms with van der Waals surface area (Å²) in [5.74, 6) is -0.315. The van der Waals surface area contributed by atoms with Crippen molar-refractivity contribution in [3.8, 4) is 11.4 Å². The summed E-state index contributed by atoms with van der Waals surface area (Å²) in [6.07, 6.45) is 2.58. The van der Waals surface area contributed by atoms with Gasteiger partial charge in [-0.2, -0.15) is 5.10 Å². The Morgan fingerprint density at radius 1 is 1.00 bits per heavy atom. The molecule has 0 bridgehead atoms. The fourth-order valence-corrected chi connectivity index (χ4v) is 4.61. The van der Waals surface area contributed by atoms with Gasteiger partial charge in [-0.05, 0) is 67.8 Å². The molecule has 1 amide bonds. The van der Waals surface area contributed by atoms with Crippen molar-refractivity contribution in [3.05, 3.63) is 71.0 Å². The van der Waals surface area contributed by atoms with Gasteiger partial charge in [-0.1, -0.05) is 0 Å². The van der Waals surface area contributed by atoms with Crippen LogP contribution in [0.5, 0.6) is 5.75 Å². The number of amides is 1. The zero-order valence-electron chi connectivity index (χ0n) is 18.8. The predicted octanol–water partition coefficient (Wildman–Crippen LogP) is 3.20. The predicted molar refractivity (Wildman–Crippen MR) is 127 cm³/mol. The Hall–Kier alpha value is -4.14. The standard InChI is InChI=1S/C25H25N5O4/c1-34-19-10-8-18(9-11-19)30-22-20(21(27-30)25(32)33)12-15-29(24(22)31)17-6-4-16(5-7-17)23(26)28-13-2-3-14-28/h4-11,26H,2-3,12-15H2,1H3,(H,32,33). The monoisotopic (exact) mass is 459 g/mol. The fraction of sp³-hybridized carbons (Fsp3) is 0.280. The number of aromatic nitrogens is 2. The third-order valence-corrected chi connectivity index (χ3v) is 6.41. The van der Waals surface area contributed by atoms with Crippen molar-refractivity contribution in [2.75, 3.05) is 31.6 Å². The van der Waals surface area contributed by atoms with Crippen LogP contribution in [-0.2, 0) is 6.42 Å². The second kappa shape index (κ2) is 8.66. The van der Waals surface area contributed by atoms with Crippen molar-refractivity contribution in [1.82, 2.24) is 14.7 Å². The summed E-state index contributed by atoms with van der Waals surface area (Å²) in [5.41, 5.74) is 2.68. The van der Waals surface area contributed by atoms with Crippen molar-refractivity contribution >= 4 is 23.4 Å². The Kier molecular flexibility index (Phi) is 5.53. The highest BCUT2D eigenvalue weighted by molar-refractivity contribution is 6.09. The molecular formula is C25H25N5O4. The molecule has 2 aliphatic heterocycles. The first-order chi connectivity index (χ1) is 16.5. The molecule has 174 valence electrons. The number of hydrogen-bond donors (Lipinski definition) is 2. The number of rotatable bonds is 5. The van der Waals surface area contributed by atoms with Crippen LogP contribution in [0.25, 0.3) is 5.69 Å². The molecule has 2 N–H and O–H groups in total. The molecule has 34 heavy (non-hydrogen) atoms. The van der Waals surface area contributed by atoms with E-state index in [0.29, 0.717) is 41.5 Å². The maximum absolute atomic E-state index is 13.6. The van der Waals surface area contributed by atoms with E-state index in [2.05, 4.69) is 10.00 Å². The van der Waals surface area contributed by atoms with E-state index in [1.54, 1.807) is 36.3 Å². The number of nitrogens with zero attached hydrogens (tertiary/aromatic N) is 4. The summed E-state index contributed by atoms with van der Waals surface area (Å²) < 4.78 is 6.61. The molecule has 0 spiro atoms. The Bertz CT molecular complexity index is 1260. The van der Waals surface area contributed by atoms with E-state index in [-0.39, 0.29) is 17.3 Å². The van der Waals surface area contributed by atoms with Gasteiger partial charge in [0.1, 0.15) is 17.3 Å². The van der Waals surface area contributed by atoms with Crippen LogP contribution in [0.4, 0.5) is 5.69 Å². The molecule has 1 aromatic heterocycles. The number of ether oxygens (including phenoxy) is 1. The largest absolute Gasteiger partial charge is 0.497 e. The zero-order valence-corrected chi connectivity index (χ0v) is 18.8. The highest BCUT2D eigenvalue weighted by atomic mass is 16.5. The van der Waals surface area contributed by atoms with Crippen molar-refractivity contribution in [1.29, 1.82) is 5.41 Å². The number of anilines is 1. The van der Waals surface area contributed by atoms with Crippen LogP contribution < -0.4 is 9.64 Å². The van der Waals surface area contributed by atoms with Crippen LogP contribution in [0, 0.1) is 5.41 Å². The van der Waals surface area contributed by atoms with Gasteiger partial charge in [0.05, 0.1) is 12.8 Å². The molecule has 1 fully saturated rings. The van der Waals surface area contributed by atoms with Gasteiger partial charge in [-0.25, -0.2) is 9.48 Å². The number of amidine groups is 1. The van der Waals surface area contributed by atoms with Gasteiger partial charge in [-0.3, -0.25) is 10.2 Å². The number of carbonyl (C=O) groups is 2. The molecule has 0 aliphatic carbocycles. The summed E-state index contributed by atoms with van der Waals surface area (Å²) in [7, 11) is 1.56. The molecule has 3 heterocycles. The number of hydrogen-bond acceptors (Lipinski definition) is 5. The van der Waals surface area contributed by atoms with Crippen molar-refractivity contribution < 1.29 is 19.4 Å². The molecule has 0 unspecified atom stereocenters. The van der Waals surface area contributed by atoms with E-state index in [1.807, 2.05) is 24.3 Å². The summed E-state index contributed by atoms with van der Waals surface area (Å²) in [5, 5.41) is 22.4. The molecule has 9 heteroatoms. The first-order valence-electron chi connectivity index (χ1n) is 11.2. The van der Waals surface area contributed by atoms with Gasteiger partial charge in [0.2, 0.25) is 0 Å². The van der Waals surface area contributed by atoms with E-state index in [9.17, 15) is 14.7 Å². The molecular weight excluding hydrogens is 434 g/mol. The van der Waals surface area contributed by atoms with Gasteiger partial charge < -0.3 is 19.6 Å². The lowest BCUT2D eigenvalue weighted by Gasteiger charge is -2.28. The maximum Gasteiger partial charge on any atom is 0.356 e. The normalized spacial score (nSPS) is 15.4. The number of carbonyl (C=O) groups excluding carboxylic acids is 1. The number of methoxy groups -OCH3 is 1. The van der Waals surface area contributed by atoms with Crippen LogP contribution >= 0.6 is 0 Å². The smallest absolute Gasteiger partial charge is 0.356 e. The lowest BCUT2D eigenvalue weighted by atomic mass is 10.0. The molecule has 0 radical (unpaired) electrons. The SMILES string of the molecule is COc1ccc(-n2nc(C(=O)O)c3c2C(=O)N(c2ccc(C(=N)N4CCCC4)cc2)CC3)cc1. The zero-order chi connectivity index (χ0) is 23.8. The van der Waals surface area contributed by atoms with Crippen molar-refractivity contribution in [3.63, 3.8) is 0 Å². The Balaban J connectivity index is 1.48. The summed E-state index contributed by atoms with van der Waals surface area (Å²) >= 11 is 0. The van der Waals surface area contributed by atoms with Crippen LogP contribution in [-0.4, -0.2) is 64.2 Å². The van der Waals surface area contributed by atoms with E-state index in [0.717, 1.165) is 31.5 Å². The minimum Gasteiger partial charge on any atom is -0.497 e. The number of nitrogens with one attached hydrogen (secondary N) is 1. The molecule has 2 aliphatic rings. The molecule has 3 aromatic rings. The third kappa shape index (κ3) is 3.68. The van der Waals surface area contributed by atoms with Gasteiger partial charge >= 0.3 is 5.97 Å². The van der Waals surface area contributed by atoms with E-state index in [4.69, 9.17) is 10.1 Å². The Labute approximate surface area is 196 Å². The molecule has 1 saturated heterocycles. The second-order valence-corrected chi connectivity index (χ2v) is 8.39. The third-order valence-electron chi connectivity index (χ3n) is 6.41. The maximum atomic E-state index is 13.6. The number of aromatic carboxylic acids is 1. The lowest BCUT2D eigenvalue weighted by Crippen LogP contribution is -2.39. The number of carboxylic acid groups (broad SMARTS) is 1. The van der Waals surface area contributed by atoms with E-state index in [1.165, 1.54) is 4.68 Å². The summed E-state index contributed by atoms with van der Waals surface area (Å²) in [6, 6.07) is 14.4. The number of carboxylic acids is 1. The molecule has 0 atom stereocenters. The van der Waals surface area contributed by atoms with Gasteiger partial charge in [0, 0.05) is 36.4 Å². The molecule has 9 nitrogen and oxygen atoms in total. The van der Waals surface area contributed by atoms with E-state index >= 15 is 0 Å². The van der Waals surface area contributed by atoms with Crippen molar-refractivity contribution in [2.24, 2.45) is 0 Å². The average Bonchev–Trinajstić information content (AvgIpc) is 3.53. The second-order valence-electron chi connectivity index (χ2n) is 8.39. The molecule has 0 saturated carbocycles.